The molecule has 1 fully saturated rings. The lowest BCUT2D eigenvalue weighted by molar-refractivity contribution is 0.402. The molecule has 0 aliphatic carbocycles. The van der Waals surface area contributed by atoms with Crippen molar-refractivity contribution in [1.29, 1.82) is 0 Å². The smallest absolute Gasteiger partial charge is 0.216 e. The van der Waals surface area contributed by atoms with Crippen molar-refractivity contribution in [1.82, 2.24) is 4.31 Å². The molecule has 1 aliphatic heterocycles. The van der Waals surface area contributed by atoms with E-state index in [1.54, 1.807) is 11.3 Å². The van der Waals surface area contributed by atoms with Gasteiger partial charge in [-0.3, -0.25) is 0 Å². The first-order valence-corrected chi connectivity index (χ1v) is 6.80. The van der Waals surface area contributed by atoms with Crippen LogP contribution >= 0.6 is 11.3 Å². The number of thiophene rings is 1. The first kappa shape index (κ1) is 10.1. The number of nitrogens with two attached hydrogens (primary N) is 1. The molecule has 4 nitrogen and oxygen atoms in total. The third kappa shape index (κ3) is 1.83. The standard InChI is InChI=1S/C8H12N2O2S2/c9-14(11,12)10-5-1-3-7(10)8-4-2-6-13-8/h2,4,6-7H,1,3,5H2,(H2,9,11,12). The van der Waals surface area contributed by atoms with Crippen molar-refractivity contribution in [3.8, 4) is 0 Å². The van der Waals surface area contributed by atoms with Gasteiger partial charge in [0.15, 0.2) is 0 Å². The summed E-state index contributed by atoms with van der Waals surface area (Å²) in [5, 5.41) is 7.09. The summed E-state index contributed by atoms with van der Waals surface area (Å²) in [6.45, 7) is 0.543. The van der Waals surface area contributed by atoms with Crippen molar-refractivity contribution in [2.45, 2.75) is 18.9 Å². The number of rotatable bonds is 2. The van der Waals surface area contributed by atoms with E-state index in [2.05, 4.69) is 0 Å². The average molecular weight is 232 g/mol. The predicted octanol–water partition coefficient (Wildman–Crippen LogP) is 1.09. The lowest BCUT2D eigenvalue weighted by atomic mass is 10.2. The molecule has 0 radical (unpaired) electrons. The maximum atomic E-state index is 11.2. The SMILES string of the molecule is NS(=O)(=O)N1CCCC1c1cccs1. The van der Waals surface area contributed by atoms with Crippen LogP contribution in [0.5, 0.6) is 0 Å². The molecule has 1 atom stereocenters. The van der Waals surface area contributed by atoms with Crippen LogP contribution in [0, 0.1) is 0 Å². The van der Waals surface area contributed by atoms with Crippen molar-refractivity contribution in [2.24, 2.45) is 5.14 Å². The molecule has 1 saturated heterocycles. The largest absolute Gasteiger partial charge is 0.277 e. The second-order valence-electron chi connectivity index (χ2n) is 3.33. The predicted molar refractivity (Wildman–Crippen MR) is 56.1 cm³/mol. The van der Waals surface area contributed by atoms with Crippen LogP contribution in [-0.4, -0.2) is 19.3 Å². The summed E-state index contributed by atoms with van der Waals surface area (Å²) >= 11 is 1.58. The first-order chi connectivity index (χ1) is 6.59. The Balaban J connectivity index is 2.28. The van der Waals surface area contributed by atoms with Crippen LogP contribution in [0.2, 0.25) is 0 Å². The Hall–Kier alpha value is -0.430. The number of hydrogen-bond acceptors (Lipinski definition) is 3. The molecule has 1 unspecified atom stereocenters. The molecule has 6 heteroatoms. The molecule has 2 N–H and O–H groups in total. The van der Waals surface area contributed by atoms with Gasteiger partial charge in [0.2, 0.25) is 0 Å². The molecule has 1 aromatic heterocycles. The topological polar surface area (TPSA) is 63.4 Å². The zero-order valence-electron chi connectivity index (χ0n) is 7.59. The maximum Gasteiger partial charge on any atom is 0.277 e. The fourth-order valence-corrected chi connectivity index (χ4v) is 3.71. The molecule has 14 heavy (non-hydrogen) atoms. The lowest BCUT2D eigenvalue weighted by Crippen LogP contribution is -2.35. The highest BCUT2D eigenvalue weighted by Gasteiger charge is 2.33. The Morgan fingerprint density at radius 1 is 1.57 bits per heavy atom. The minimum absolute atomic E-state index is 0.0370. The van der Waals surface area contributed by atoms with Gasteiger partial charge in [-0.1, -0.05) is 6.07 Å². The summed E-state index contributed by atoms with van der Waals surface area (Å²) in [6.07, 6.45) is 1.76. The van der Waals surface area contributed by atoms with Gasteiger partial charge in [-0.2, -0.15) is 12.7 Å². The Morgan fingerprint density at radius 3 is 2.93 bits per heavy atom. The minimum Gasteiger partial charge on any atom is -0.216 e. The molecule has 1 aliphatic rings. The summed E-state index contributed by atoms with van der Waals surface area (Å²) < 4.78 is 23.9. The molecule has 0 aromatic carbocycles. The van der Waals surface area contributed by atoms with Crippen molar-refractivity contribution in [2.75, 3.05) is 6.54 Å². The lowest BCUT2D eigenvalue weighted by Gasteiger charge is -2.20. The minimum atomic E-state index is -3.54. The van der Waals surface area contributed by atoms with Gasteiger partial charge in [0.25, 0.3) is 10.2 Å². The Kier molecular flexibility index (Phi) is 2.61. The van der Waals surface area contributed by atoms with Gasteiger partial charge in [0.1, 0.15) is 0 Å². The van der Waals surface area contributed by atoms with Crippen LogP contribution in [0.15, 0.2) is 17.5 Å². The van der Waals surface area contributed by atoms with Gasteiger partial charge in [-0.25, -0.2) is 5.14 Å². The third-order valence-corrected chi connectivity index (χ3v) is 4.47. The zero-order valence-corrected chi connectivity index (χ0v) is 9.22. The van der Waals surface area contributed by atoms with Crippen LogP contribution in [0.3, 0.4) is 0 Å². The van der Waals surface area contributed by atoms with Gasteiger partial charge in [-0.15, -0.1) is 11.3 Å². The van der Waals surface area contributed by atoms with Gasteiger partial charge >= 0.3 is 0 Å². The van der Waals surface area contributed by atoms with Crippen molar-refractivity contribution < 1.29 is 8.42 Å². The molecule has 0 bridgehead atoms. The van der Waals surface area contributed by atoms with E-state index >= 15 is 0 Å². The highest BCUT2D eigenvalue weighted by Crippen LogP contribution is 2.35. The van der Waals surface area contributed by atoms with E-state index in [0.29, 0.717) is 6.54 Å². The monoisotopic (exact) mass is 232 g/mol. The molecule has 0 saturated carbocycles. The summed E-state index contributed by atoms with van der Waals surface area (Å²) in [5.74, 6) is 0. The molecular formula is C8H12N2O2S2. The molecule has 2 rings (SSSR count). The number of nitrogens with zero attached hydrogens (tertiary/aromatic N) is 1. The average Bonchev–Trinajstić information content (AvgIpc) is 2.73. The summed E-state index contributed by atoms with van der Waals surface area (Å²) in [6, 6.07) is 3.85. The normalized spacial score (nSPS) is 24.2. The van der Waals surface area contributed by atoms with E-state index in [0.717, 1.165) is 17.7 Å². The fraction of sp³-hybridized carbons (Fsp3) is 0.500. The molecule has 78 valence electrons. The van der Waals surface area contributed by atoms with Crippen LogP contribution in [-0.2, 0) is 10.2 Å². The molecule has 0 spiro atoms. The van der Waals surface area contributed by atoms with E-state index in [9.17, 15) is 8.42 Å². The second-order valence-corrected chi connectivity index (χ2v) is 5.81. The Morgan fingerprint density at radius 2 is 2.36 bits per heavy atom. The summed E-state index contributed by atoms with van der Waals surface area (Å²) in [4.78, 5) is 1.08. The zero-order chi connectivity index (χ0) is 10.2. The van der Waals surface area contributed by atoms with Crippen LogP contribution in [0.4, 0.5) is 0 Å². The van der Waals surface area contributed by atoms with Crippen LogP contribution in [0.25, 0.3) is 0 Å². The van der Waals surface area contributed by atoms with E-state index < -0.39 is 10.2 Å². The summed E-state index contributed by atoms with van der Waals surface area (Å²) in [7, 11) is -3.54. The third-order valence-electron chi connectivity index (χ3n) is 2.40. The molecule has 0 amide bonds. The number of hydrogen-bond donors (Lipinski definition) is 1. The van der Waals surface area contributed by atoms with Crippen LogP contribution in [0.1, 0.15) is 23.8 Å². The highest BCUT2D eigenvalue weighted by atomic mass is 32.2. The Bertz CT molecular complexity index is 399. The van der Waals surface area contributed by atoms with E-state index in [1.807, 2.05) is 17.5 Å². The Labute approximate surface area is 87.5 Å². The molecular weight excluding hydrogens is 220 g/mol. The van der Waals surface area contributed by atoms with Crippen LogP contribution < -0.4 is 5.14 Å². The molecule has 1 aromatic rings. The second kappa shape index (κ2) is 3.62. The van der Waals surface area contributed by atoms with Crippen molar-refractivity contribution >= 4 is 21.5 Å². The summed E-state index contributed by atoms with van der Waals surface area (Å²) in [5.41, 5.74) is 0. The van der Waals surface area contributed by atoms with Gasteiger partial charge in [-0.05, 0) is 24.3 Å². The highest BCUT2D eigenvalue weighted by molar-refractivity contribution is 7.86. The quantitative estimate of drug-likeness (QED) is 0.829. The first-order valence-electron chi connectivity index (χ1n) is 4.42. The fourth-order valence-electron chi connectivity index (χ4n) is 1.81. The van der Waals surface area contributed by atoms with E-state index in [1.165, 1.54) is 4.31 Å². The van der Waals surface area contributed by atoms with E-state index in [-0.39, 0.29) is 6.04 Å². The van der Waals surface area contributed by atoms with Gasteiger partial charge < -0.3 is 0 Å². The van der Waals surface area contributed by atoms with Crippen molar-refractivity contribution in [3.05, 3.63) is 22.4 Å². The maximum absolute atomic E-state index is 11.2. The van der Waals surface area contributed by atoms with Crippen molar-refractivity contribution in [3.63, 3.8) is 0 Å². The van der Waals surface area contributed by atoms with E-state index in [4.69, 9.17) is 5.14 Å². The van der Waals surface area contributed by atoms with Gasteiger partial charge in [0.05, 0.1) is 6.04 Å². The van der Waals surface area contributed by atoms with Gasteiger partial charge in [0, 0.05) is 11.4 Å². The molecule has 2 heterocycles.